The number of nitrogens with one attached hydrogen (secondary N) is 1. The second kappa shape index (κ2) is 9.16. The van der Waals surface area contributed by atoms with Gasteiger partial charge in [-0.15, -0.1) is 0 Å². The van der Waals surface area contributed by atoms with Crippen molar-refractivity contribution in [2.24, 2.45) is 5.92 Å². The molecule has 2 heterocycles. The third-order valence-electron chi connectivity index (χ3n) is 5.64. The number of fused-ring (bicyclic) bond motifs is 1. The molecule has 1 N–H and O–H groups in total. The highest BCUT2D eigenvalue weighted by atomic mass is 35.5. The lowest BCUT2D eigenvalue weighted by atomic mass is 9.95. The monoisotopic (exact) mass is 414 g/mol. The molecule has 0 radical (unpaired) electrons. The van der Waals surface area contributed by atoms with E-state index in [0.29, 0.717) is 18.1 Å². The van der Waals surface area contributed by atoms with Gasteiger partial charge in [0.15, 0.2) is 0 Å². The quantitative estimate of drug-likeness (QED) is 0.814. The van der Waals surface area contributed by atoms with Crippen molar-refractivity contribution in [3.05, 3.63) is 64.2 Å². The van der Waals surface area contributed by atoms with E-state index >= 15 is 0 Å². The van der Waals surface area contributed by atoms with Gasteiger partial charge in [0, 0.05) is 24.7 Å². The average Bonchev–Trinajstić information content (AvgIpc) is 2.74. The standard InChI is InChI=1S/C23H27ClN2O3/c1-16-2-4-17(5-3-16)21(14-26-8-10-28-11-9-26)25-23(27)19-12-18-13-20(24)6-7-22(18)29-15-19/h2-7,13,19,21H,8-12,14-15H2,1H3,(H,25,27)/t19-,21+/m0/s1. The highest BCUT2D eigenvalue weighted by Gasteiger charge is 2.29. The molecule has 0 saturated carbocycles. The largest absolute Gasteiger partial charge is 0.492 e. The van der Waals surface area contributed by atoms with E-state index in [4.69, 9.17) is 21.1 Å². The van der Waals surface area contributed by atoms with Crippen molar-refractivity contribution in [2.45, 2.75) is 19.4 Å². The molecule has 2 aliphatic heterocycles. The molecule has 0 unspecified atom stereocenters. The number of benzene rings is 2. The van der Waals surface area contributed by atoms with Gasteiger partial charge < -0.3 is 14.8 Å². The molecule has 2 aromatic rings. The number of carbonyl (C=O) groups excluding carboxylic acids is 1. The summed E-state index contributed by atoms with van der Waals surface area (Å²) in [5.74, 6) is 0.620. The molecule has 0 bridgehead atoms. The van der Waals surface area contributed by atoms with Gasteiger partial charge in [-0.2, -0.15) is 0 Å². The minimum atomic E-state index is -0.224. The van der Waals surface area contributed by atoms with Crippen LogP contribution in [0.2, 0.25) is 5.02 Å². The van der Waals surface area contributed by atoms with Gasteiger partial charge >= 0.3 is 0 Å². The average molecular weight is 415 g/mol. The summed E-state index contributed by atoms with van der Waals surface area (Å²) in [6, 6.07) is 13.9. The van der Waals surface area contributed by atoms with Crippen LogP contribution in [0.4, 0.5) is 0 Å². The van der Waals surface area contributed by atoms with Crippen molar-refractivity contribution in [3.63, 3.8) is 0 Å². The summed E-state index contributed by atoms with van der Waals surface area (Å²) in [7, 11) is 0. The number of nitrogens with zero attached hydrogens (tertiary/aromatic N) is 1. The van der Waals surface area contributed by atoms with Gasteiger partial charge in [-0.05, 0) is 42.7 Å². The molecule has 0 aliphatic carbocycles. The van der Waals surface area contributed by atoms with Crippen molar-refractivity contribution in [1.29, 1.82) is 0 Å². The Morgan fingerprint density at radius 2 is 1.97 bits per heavy atom. The molecular weight excluding hydrogens is 388 g/mol. The Kier molecular flexibility index (Phi) is 6.38. The minimum absolute atomic E-state index is 0.0226. The third kappa shape index (κ3) is 5.10. The lowest BCUT2D eigenvalue weighted by molar-refractivity contribution is -0.127. The van der Waals surface area contributed by atoms with Crippen LogP contribution in [0.3, 0.4) is 0 Å². The lowest BCUT2D eigenvalue weighted by Gasteiger charge is -2.32. The molecule has 154 valence electrons. The van der Waals surface area contributed by atoms with E-state index in [1.54, 1.807) is 0 Å². The van der Waals surface area contributed by atoms with Crippen molar-refractivity contribution in [2.75, 3.05) is 39.5 Å². The van der Waals surface area contributed by atoms with Gasteiger partial charge in [0.1, 0.15) is 12.4 Å². The van der Waals surface area contributed by atoms with Gasteiger partial charge in [-0.3, -0.25) is 9.69 Å². The number of amides is 1. The first-order valence-electron chi connectivity index (χ1n) is 10.2. The predicted octanol–water partition coefficient (Wildman–Crippen LogP) is 3.39. The SMILES string of the molecule is Cc1ccc([C@@H](CN2CCOCC2)NC(=O)[C@@H]2COc3ccc(Cl)cc3C2)cc1. The Labute approximate surface area is 176 Å². The molecule has 2 aromatic carbocycles. The van der Waals surface area contributed by atoms with Gasteiger partial charge in [0.05, 0.1) is 25.2 Å². The number of halogens is 1. The number of rotatable bonds is 5. The molecule has 0 spiro atoms. The Morgan fingerprint density at radius 3 is 2.72 bits per heavy atom. The van der Waals surface area contributed by atoms with Gasteiger partial charge in [-0.25, -0.2) is 0 Å². The van der Waals surface area contributed by atoms with E-state index < -0.39 is 0 Å². The Balaban J connectivity index is 1.47. The number of hydrogen-bond donors (Lipinski definition) is 1. The van der Waals surface area contributed by atoms with Crippen molar-refractivity contribution in [3.8, 4) is 5.75 Å². The van der Waals surface area contributed by atoms with Crippen LogP contribution in [0, 0.1) is 12.8 Å². The lowest BCUT2D eigenvalue weighted by Crippen LogP contribution is -2.45. The van der Waals surface area contributed by atoms with Crippen LogP contribution in [-0.2, 0) is 16.0 Å². The zero-order valence-corrected chi connectivity index (χ0v) is 17.5. The summed E-state index contributed by atoms with van der Waals surface area (Å²) < 4.78 is 11.3. The highest BCUT2D eigenvalue weighted by molar-refractivity contribution is 6.30. The minimum Gasteiger partial charge on any atom is -0.492 e. The number of carbonyl (C=O) groups is 1. The first-order valence-corrected chi connectivity index (χ1v) is 10.5. The summed E-state index contributed by atoms with van der Waals surface area (Å²) >= 11 is 6.12. The van der Waals surface area contributed by atoms with E-state index in [9.17, 15) is 4.79 Å². The van der Waals surface area contributed by atoms with Crippen molar-refractivity contribution < 1.29 is 14.3 Å². The number of morpholine rings is 1. The van der Waals surface area contributed by atoms with Crippen LogP contribution in [0.1, 0.15) is 22.7 Å². The molecule has 2 atom stereocenters. The Hall–Kier alpha value is -2.08. The molecule has 5 nitrogen and oxygen atoms in total. The fraction of sp³-hybridized carbons (Fsp3) is 0.435. The second-order valence-electron chi connectivity index (χ2n) is 7.85. The fourth-order valence-electron chi connectivity index (χ4n) is 3.90. The summed E-state index contributed by atoms with van der Waals surface area (Å²) in [4.78, 5) is 15.5. The Bertz CT molecular complexity index is 850. The van der Waals surface area contributed by atoms with Crippen molar-refractivity contribution in [1.82, 2.24) is 10.2 Å². The molecule has 1 fully saturated rings. The molecule has 4 rings (SSSR count). The van der Waals surface area contributed by atoms with Gasteiger partial charge in [0.25, 0.3) is 0 Å². The van der Waals surface area contributed by atoms with E-state index in [1.807, 2.05) is 18.2 Å². The second-order valence-corrected chi connectivity index (χ2v) is 8.29. The zero-order chi connectivity index (χ0) is 20.2. The maximum absolute atomic E-state index is 13.1. The molecule has 0 aromatic heterocycles. The topological polar surface area (TPSA) is 50.8 Å². The van der Waals surface area contributed by atoms with Crippen LogP contribution >= 0.6 is 11.6 Å². The fourth-order valence-corrected chi connectivity index (χ4v) is 4.09. The first kappa shape index (κ1) is 20.2. The number of aryl methyl sites for hydroxylation is 1. The first-order chi connectivity index (χ1) is 14.1. The van der Waals surface area contributed by atoms with Gasteiger partial charge in [0.2, 0.25) is 5.91 Å². The number of hydrogen-bond acceptors (Lipinski definition) is 4. The van der Waals surface area contributed by atoms with E-state index in [2.05, 4.69) is 41.4 Å². The third-order valence-corrected chi connectivity index (χ3v) is 5.88. The highest BCUT2D eigenvalue weighted by Crippen LogP contribution is 2.30. The predicted molar refractivity (Wildman–Crippen MR) is 113 cm³/mol. The summed E-state index contributed by atoms with van der Waals surface area (Å²) in [5.41, 5.74) is 3.32. The summed E-state index contributed by atoms with van der Waals surface area (Å²) in [6.45, 7) is 6.48. The zero-order valence-electron chi connectivity index (χ0n) is 16.7. The van der Waals surface area contributed by atoms with Crippen LogP contribution in [0.15, 0.2) is 42.5 Å². The smallest absolute Gasteiger partial charge is 0.227 e. The molecule has 1 saturated heterocycles. The number of ether oxygens (including phenoxy) is 2. The Morgan fingerprint density at radius 1 is 1.21 bits per heavy atom. The molecule has 1 amide bonds. The summed E-state index contributed by atoms with van der Waals surface area (Å²) in [6.07, 6.45) is 0.639. The maximum atomic E-state index is 13.1. The van der Waals surface area contributed by atoms with Crippen LogP contribution in [0.25, 0.3) is 0 Å². The molecule has 6 heteroatoms. The van der Waals surface area contributed by atoms with Crippen molar-refractivity contribution >= 4 is 17.5 Å². The van der Waals surface area contributed by atoms with Crippen LogP contribution in [-0.4, -0.2) is 50.3 Å². The normalized spacial score (nSPS) is 20.4. The van der Waals surface area contributed by atoms with E-state index in [-0.39, 0.29) is 17.9 Å². The molecule has 2 aliphatic rings. The van der Waals surface area contributed by atoms with Gasteiger partial charge in [-0.1, -0.05) is 41.4 Å². The maximum Gasteiger partial charge on any atom is 0.227 e. The summed E-state index contributed by atoms with van der Waals surface area (Å²) in [5, 5.41) is 3.95. The van der Waals surface area contributed by atoms with Crippen LogP contribution in [0.5, 0.6) is 5.75 Å². The van der Waals surface area contributed by atoms with E-state index in [1.165, 1.54) is 5.56 Å². The van der Waals surface area contributed by atoms with E-state index in [0.717, 1.165) is 49.7 Å². The molecular formula is C23H27ClN2O3. The molecule has 29 heavy (non-hydrogen) atoms. The van der Waals surface area contributed by atoms with Crippen LogP contribution < -0.4 is 10.1 Å².